The Kier molecular flexibility index (Phi) is 5.35. The van der Waals surface area contributed by atoms with Gasteiger partial charge in [0.25, 0.3) is 10.1 Å². The largest absolute Gasteiger partial charge is 0.295 e. The molecule has 3 rings (SSSR count). The second kappa shape index (κ2) is 7.44. The van der Waals surface area contributed by atoms with Gasteiger partial charge in [-0.1, -0.05) is 48.5 Å². The molecule has 0 aliphatic rings. The molecule has 0 fully saturated rings. The Balaban J connectivity index is 2.19. The van der Waals surface area contributed by atoms with Gasteiger partial charge in [-0.3, -0.25) is 4.55 Å². The maximum absolute atomic E-state index is 14.9. The molecule has 0 radical (unpaired) electrons. The second-order valence-electron chi connectivity index (χ2n) is 6.13. The Morgan fingerprint density at radius 3 is 2.04 bits per heavy atom. The van der Waals surface area contributed by atoms with Crippen molar-refractivity contribution in [2.45, 2.75) is 16.2 Å². The summed E-state index contributed by atoms with van der Waals surface area (Å²) < 4.78 is 71.6. The first kappa shape index (κ1) is 20.2. The number of nitrogens with two attached hydrogens (primary N) is 1. The van der Waals surface area contributed by atoms with Gasteiger partial charge in [0, 0.05) is 11.1 Å². The lowest BCUT2D eigenvalue weighted by Gasteiger charge is -2.14. The Labute approximate surface area is 162 Å². The topological polar surface area (TPSA) is 115 Å². The molecule has 0 aliphatic carbocycles. The van der Waals surface area contributed by atoms with E-state index in [1.165, 1.54) is 12.1 Å². The number of benzene rings is 3. The van der Waals surface area contributed by atoms with Gasteiger partial charge >= 0.3 is 0 Å². The van der Waals surface area contributed by atoms with Gasteiger partial charge in [-0.05, 0) is 35.7 Å². The van der Waals surface area contributed by atoms with Crippen LogP contribution in [-0.2, 0) is 26.6 Å². The fourth-order valence-electron chi connectivity index (χ4n) is 2.93. The van der Waals surface area contributed by atoms with E-state index in [1.54, 1.807) is 6.07 Å². The Morgan fingerprint density at radius 2 is 1.46 bits per heavy atom. The summed E-state index contributed by atoms with van der Waals surface area (Å²) in [6.07, 6.45) is 0.431. The van der Waals surface area contributed by atoms with Gasteiger partial charge in [-0.25, -0.2) is 17.9 Å². The van der Waals surface area contributed by atoms with E-state index in [0.29, 0.717) is 12.0 Å². The highest BCUT2D eigenvalue weighted by molar-refractivity contribution is 7.89. The van der Waals surface area contributed by atoms with Gasteiger partial charge in [0.2, 0.25) is 10.0 Å². The molecule has 0 saturated heterocycles. The zero-order valence-electron chi connectivity index (χ0n) is 14.4. The third-order valence-corrected chi connectivity index (χ3v) is 5.98. The minimum absolute atomic E-state index is 0.297. The highest BCUT2D eigenvalue weighted by Gasteiger charge is 2.26. The highest BCUT2D eigenvalue weighted by Crippen LogP contribution is 2.35. The molecular formula is C19H16FNO5S2. The predicted molar refractivity (Wildman–Crippen MR) is 102 cm³/mol. The van der Waals surface area contributed by atoms with Crippen molar-refractivity contribution in [3.05, 3.63) is 83.7 Å². The molecule has 0 spiro atoms. The van der Waals surface area contributed by atoms with Crippen molar-refractivity contribution in [2.24, 2.45) is 5.14 Å². The van der Waals surface area contributed by atoms with Crippen LogP contribution in [0, 0.1) is 5.82 Å². The smallest absolute Gasteiger partial charge is 0.282 e. The molecule has 3 N–H and O–H groups in total. The van der Waals surface area contributed by atoms with Crippen LogP contribution < -0.4 is 5.14 Å². The Hall–Kier alpha value is -2.59. The minimum Gasteiger partial charge on any atom is -0.282 e. The summed E-state index contributed by atoms with van der Waals surface area (Å²) >= 11 is 0. The summed E-state index contributed by atoms with van der Waals surface area (Å²) in [5, 5.41) is 5.16. The summed E-state index contributed by atoms with van der Waals surface area (Å²) in [6, 6.07) is 16.5. The number of hydrogen-bond acceptors (Lipinski definition) is 4. The zero-order chi connectivity index (χ0) is 20.5. The molecule has 0 saturated carbocycles. The molecule has 0 heterocycles. The SMILES string of the molecule is NS(=O)(=O)c1cccc(S(=O)(=O)O)c1-c1ccc(Cc2ccccc2)cc1F. The predicted octanol–water partition coefficient (Wildman–Crippen LogP) is 2.98. The highest BCUT2D eigenvalue weighted by atomic mass is 32.2. The summed E-state index contributed by atoms with van der Waals surface area (Å²) in [5.41, 5.74) is 0.748. The molecule has 0 bridgehead atoms. The van der Waals surface area contributed by atoms with Gasteiger partial charge in [0.05, 0.1) is 4.90 Å². The number of primary sulfonamides is 1. The van der Waals surface area contributed by atoms with Gasteiger partial charge in [0.1, 0.15) is 10.7 Å². The molecule has 0 aliphatic heterocycles. The van der Waals surface area contributed by atoms with Crippen molar-refractivity contribution < 1.29 is 25.8 Å². The monoisotopic (exact) mass is 421 g/mol. The molecule has 0 amide bonds. The third-order valence-electron chi connectivity index (χ3n) is 4.13. The second-order valence-corrected chi connectivity index (χ2v) is 9.05. The maximum atomic E-state index is 14.9. The van der Waals surface area contributed by atoms with E-state index >= 15 is 0 Å². The number of rotatable bonds is 5. The van der Waals surface area contributed by atoms with E-state index in [1.807, 2.05) is 30.3 Å². The first-order valence-corrected chi connectivity index (χ1v) is 11.0. The molecule has 0 aromatic heterocycles. The van der Waals surface area contributed by atoms with E-state index in [0.717, 1.165) is 23.8 Å². The van der Waals surface area contributed by atoms with Crippen LogP contribution in [-0.4, -0.2) is 21.4 Å². The normalized spacial score (nSPS) is 12.1. The standard InChI is InChI=1S/C19H16FNO5S2/c20-16-12-14(11-13-5-2-1-3-6-13)9-10-15(16)19-17(27(21,22)23)7-4-8-18(19)28(24,25)26/h1-10,12H,11H2,(H2,21,22,23)(H,24,25,26). The number of hydrogen-bond donors (Lipinski definition) is 2. The van der Waals surface area contributed by atoms with Crippen LogP contribution in [0.4, 0.5) is 4.39 Å². The van der Waals surface area contributed by atoms with Gasteiger partial charge in [0.15, 0.2) is 0 Å². The van der Waals surface area contributed by atoms with Crippen molar-refractivity contribution in [3.8, 4) is 11.1 Å². The zero-order valence-corrected chi connectivity index (χ0v) is 16.0. The summed E-state index contributed by atoms with van der Waals surface area (Å²) in [4.78, 5) is -1.34. The average molecular weight is 421 g/mol. The van der Waals surface area contributed by atoms with Crippen LogP contribution >= 0.6 is 0 Å². The van der Waals surface area contributed by atoms with Crippen LogP contribution in [0.2, 0.25) is 0 Å². The van der Waals surface area contributed by atoms with Crippen LogP contribution in [0.1, 0.15) is 11.1 Å². The van der Waals surface area contributed by atoms with E-state index < -0.39 is 41.3 Å². The molecule has 9 heteroatoms. The van der Waals surface area contributed by atoms with E-state index in [9.17, 15) is 25.8 Å². The number of halogens is 1. The molecule has 0 atom stereocenters. The first-order valence-electron chi connectivity index (χ1n) is 8.03. The lowest BCUT2D eigenvalue weighted by atomic mass is 9.99. The van der Waals surface area contributed by atoms with Crippen molar-refractivity contribution in [2.75, 3.05) is 0 Å². The van der Waals surface area contributed by atoms with Crippen LogP contribution in [0.15, 0.2) is 76.5 Å². The molecular weight excluding hydrogens is 405 g/mol. The van der Waals surface area contributed by atoms with Gasteiger partial charge in [-0.15, -0.1) is 0 Å². The molecule has 3 aromatic carbocycles. The lowest BCUT2D eigenvalue weighted by molar-refractivity contribution is 0.483. The molecule has 6 nitrogen and oxygen atoms in total. The Morgan fingerprint density at radius 1 is 0.821 bits per heavy atom. The van der Waals surface area contributed by atoms with E-state index in [2.05, 4.69) is 0 Å². The molecule has 146 valence electrons. The first-order chi connectivity index (χ1) is 13.1. The maximum Gasteiger partial charge on any atom is 0.295 e. The average Bonchev–Trinajstić information content (AvgIpc) is 2.61. The third kappa shape index (κ3) is 4.28. The van der Waals surface area contributed by atoms with Crippen LogP contribution in [0.5, 0.6) is 0 Å². The summed E-state index contributed by atoms with van der Waals surface area (Å²) in [6.45, 7) is 0. The van der Waals surface area contributed by atoms with Gasteiger partial charge < -0.3 is 0 Å². The number of sulfonamides is 1. The van der Waals surface area contributed by atoms with Gasteiger partial charge in [-0.2, -0.15) is 8.42 Å². The lowest BCUT2D eigenvalue weighted by Crippen LogP contribution is -2.15. The van der Waals surface area contributed by atoms with Crippen LogP contribution in [0.25, 0.3) is 11.1 Å². The quantitative estimate of drug-likeness (QED) is 0.615. The van der Waals surface area contributed by atoms with Crippen molar-refractivity contribution in [1.29, 1.82) is 0 Å². The summed E-state index contributed by atoms with van der Waals surface area (Å²) in [5.74, 6) is -0.838. The minimum atomic E-state index is -4.83. The van der Waals surface area contributed by atoms with Crippen molar-refractivity contribution >= 4 is 20.1 Å². The summed E-state index contributed by atoms with van der Waals surface area (Å²) in [7, 11) is -9.21. The van der Waals surface area contributed by atoms with E-state index in [-0.39, 0.29) is 5.56 Å². The van der Waals surface area contributed by atoms with Crippen LogP contribution in [0.3, 0.4) is 0 Å². The molecule has 28 heavy (non-hydrogen) atoms. The fourth-order valence-corrected chi connectivity index (χ4v) is 4.50. The van der Waals surface area contributed by atoms with E-state index in [4.69, 9.17) is 5.14 Å². The van der Waals surface area contributed by atoms with Crippen molar-refractivity contribution in [3.63, 3.8) is 0 Å². The molecule has 3 aromatic rings. The fraction of sp³-hybridized carbons (Fsp3) is 0.0526. The Bertz CT molecular complexity index is 1190. The molecule has 0 unspecified atom stereocenters. The van der Waals surface area contributed by atoms with Crippen molar-refractivity contribution in [1.82, 2.24) is 0 Å².